The summed E-state index contributed by atoms with van der Waals surface area (Å²) in [5, 5.41) is 2.64. The molecule has 0 aliphatic rings. The molecule has 0 aliphatic heterocycles. The van der Waals surface area contributed by atoms with Crippen molar-refractivity contribution in [3.8, 4) is 0 Å². The van der Waals surface area contributed by atoms with E-state index in [1.807, 2.05) is 0 Å². The molecule has 4 heteroatoms. The van der Waals surface area contributed by atoms with Crippen molar-refractivity contribution in [1.82, 2.24) is 10.0 Å². The van der Waals surface area contributed by atoms with Crippen LogP contribution in [0, 0.1) is 5.92 Å². The van der Waals surface area contributed by atoms with Crippen LogP contribution in [0.15, 0.2) is 0 Å². The number of hydrogen-bond acceptors (Lipinski definition) is 2. The van der Waals surface area contributed by atoms with Crippen LogP contribution in [0.2, 0.25) is 0 Å². The maximum atomic E-state index is 10.5. The fourth-order valence-corrected chi connectivity index (χ4v) is 0.593. The van der Waals surface area contributed by atoms with Crippen LogP contribution >= 0.6 is 12.8 Å². The summed E-state index contributed by atoms with van der Waals surface area (Å²) in [5.74, 6) is 0.625. The molecule has 0 heterocycles. The number of carbonyl (C=O) groups excluding carboxylic acids is 1. The minimum atomic E-state index is -0.232. The molecule has 0 unspecified atom stereocenters. The molecule has 0 saturated heterocycles. The largest absolute Gasteiger partial charge is 0.337 e. The Morgan fingerprint density at radius 2 is 2.20 bits per heavy atom. The standard InChI is InChI=1S/C6H14N2OS/c1-5(2)3-4-7-6(9)8-10/h5,10H,3-4H2,1-2H3,(H2,7,8,9). The van der Waals surface area contributed by atoms with Gasteiger partial charge < -0.3 is 5.32 Å². The van der Waals surface area contributed by atoms with Crippen LogP contribution in [-0.2, 0) is 0 Å². The lowest BCUT2D eigenvalue weighted by Gasteiger charge is -2.04. The van der Waals surface area contributed by atoms with Crippen molar-refractivity contribution in [2.75, 3.05) is 6.54 Å². The Hall–Kier alpha value is -0.380. The first kappa shape index (κ1) is 9.62. The van der Waals surface area contributed by atoms with Crippen LogP contribution < -0.4 is 10.0 Å². The zero-order chi connectivity index (χ0) is 7.98. The van der Waals surface area contributed by atoms with Gasteiger partial charge in [0.2, 0.25) is 0 Å². The fraction of sp³-hybridized carbons (Fsp3) is 0.833. The molecule has 0 atom stereocenters. The van der Waals surface area contributed by atoms with Gasteiger partial charge in [-0.1, -0.05) is 26.7 Å². The molecule has 2 amide bonds. The molecule has 10 heavy (non-hydrogen) atoms. The third kappa shape index (κ3) is 5.75. The Morgan fingerprint density at radius 1 is 1.60 bits per heavy atom. The van der Waals surface area contributed by atoms with E-state index >= 15 is 0 Å². The Balaban J connectivity index is 3.12. The molecule has 0 aliphatic carbocycles. The predicted molar refractivity (Wildman–Crippen MR) is 45.0 cm³/mol. The number of nitrogens with one attached hydrogen (secondary N) is 2. The molecule has 60 valence electrons. The SMILES string of the molecule is CC(C)CCNC(=O)NS. The van der Waals surface area contributed by atoms with Gasteiger partial charge in [0.1, 0.15) is 0 Å². The third-order valence-corrected chi connectivity index (χ3v) is 1.31. The zero-order valence-electron chi connectivity index (χ0n) is 6.35. The first-order chi connectivity index (χ1) is 4.66. The molecule has 2 N–H and O–H groups in total. The Kier molecular flexibility index (Phi) is 5.20. The van der Waals surface area contributed by atoms with Gasteiger partial charge in [-0.15, -0.1) is 0 Å². The van der Waals surface area contributed by atoms with Gasteiger partial charge in [0.25, 0.3) is 0 Å². The van der Waals surface area contributed by atoms with Crippen molar-refractivity contribution in [3.63, 3.8) is 0 Å². The number of amides is 2. The average molecular weight is 162 g/mol. The van der Waals surface area contributed by atoms with Crippen LogP contribution in [0.4, 0.5) is 4.79 Å². The van der Waals surface area contributed by atoms with Crippen LogP contribution in [-0.4, -0.2) is 12.6 Å². The van der Waals surface area contributed by atoms with Crippen molar-refractivity contribution in [1.29, 1.82) is 0 Å². The number of carbonyl (C=O) groups is 1. The van der Waals surface area contributed by atoms with E-state index in [-0.39, 0.29) is 6.03 Å². The molecule has 0 bridgehead atoms. The van der Waals surface area contributed by atoms with E-state index in [1.165, 1.54) is 0 Å². The molecule has 0 aromatic carbocycles. The molecule has 0 spiro atoms. The number of rotatable bonds is 3. The van der Waals surface area contributed by atoms with E-state index in [4.69, 9.17) is 0 Å². The maximum Gasteiger partial charge on any atom is 0.324 e. The van der Waals surface area contributed by atoms with Gasteiger partial charge in [-0.2, -0.15) is 0 Å². The van der Waals surface area contributed by atoms with Gasteiger partial charge in [-0.3, -0.25) is 4.72 Å². The lowest BCUT2D eigenvalue weighted by Crippen LogP contribution is -2.31. The topological polar surface area (TPSA) is 41.1 Å². The van der Waals surface area contributed by atoms with Gasteiger partial charge in [0.05, 0.1) is 0 Å². The first-order valence-electron chi connectivity index (χ1n) is 3.34. The summed E-state index contributed by atoms with van der Waals surface area (Å²) >= 11 is 3.58. The summed E-state index contributed by atoms with van der Waals surface area (Å²) < 4.78 is 2.18. The van der Waals surface area contributed by atoms with Gasteiger partial charge in [0, 0.05) is 6.54 Å². The van der Waals surface area contributed by atoms with Crippen LogP contribution in [0.25, 0.3) is 0 Å². The molecular formula is C6H14N2OS. The van der Waals surface area contributed by atoms with Crippen molar-refractivity contribution < 1.29 is 4.79 Å². The van der Waals surface area contributed by atoms with Crippen molar-refractivity contribution in [2.24, 2.45) is 5.92 Å². The second kappa shape index (κ2) is 5.41. The summed E-state index contributed by atoms with van der Waals surface area (Å²) in [7, 11) is 0. The van der Waals surface area contributed by atoms with E-state index in [1.54, 1.807) is 0 Å². The Labute approximate surface area is 67.1 Å². The zero-order valence-corrected chi connectivity index (χ0v) is 7.24. The number of thiol groups is 1. The van der Waals surface area contributed by atoms with E-state index in [9.17, 15) is 4.79 Å². The lowest BCUT2D eigenvalue weighted by molar-refractivity contribution is 0.246. The third-order valence-electron chi connectivity index (χ3n) is 1.11. The minimum Gasteiger partial charge on any atom is -0.337 e. The average Bonchev–Trinajstić information content (AvgIpc) is 1.87. The van der Waals surface area contributed by atoms with Crippen LogP contribution in [0.3, 0.4) is 0 Å². The second-order valence-corrected chi connectivity index (χ2v) is 2.77. The van der Waals surface area contributed by atoms with E-state index < -0.39 is 0 Å². The molecule has 0 aromatic rings. The first-order valence-corrected chi connectivity index (χ1v) is 3.79. The summed E-state index contributed by atoms with van der Waals surface area (Å²) in [5.41, 5.74) is 0. The van der Waals surface area contributed by atoms with Gasteiger partial charge in [-0.25, -0.2) is 4.79 Å². The highest BCUT2D eigenvalue weighted by molar-refractivity contribution is 7.78. The summed E-state index contributed by atoms with van der Waals surface area (Å²) in [4.78, 5) is 10.5. The Bertz CT molecular complexity index is 106. The van der Waals surface area contributed by atoms with Gasteiger partial charge in [-0.05, 0) is 12.3 Å². The fourth-order valence-electron chi connectivity index (χ4n) is 0.514. The lowest BCUT2D eigenvalue weighted by atomic mass is 10.1. The minimum absolute atomic E-state index is 0.232. The predicted octanol–water partition coefficient (Wildman–Crippen LogP) is 1.18. The van der Waals surface area contributed by atoms with Crippen LogP contribution in [0.5, 0.6) is 0 Å². The van der Waals surface area contributed by atoms with Crippen molar-refractivity contribution in [3.05, 3.63) is 0 Å². The quantitative estimate of drug-likeness (QED) is 0.536. The van der Waals surface area contributed by atoms with E-state index in [0.717, 1.165) is 6.42 Å². The van der Waals surface area contributed by atoms with Crippen molar-refractivity contribution >= 4 is 18.8 Å². The maximum absolute atomic E-state index is 10.5. The highest BCUT2D eigenvalue weighted by Gasteiger charge is 1.96. The number of urea groups is 1. The second-order valence-electron chi connectivity index (χ2n) is 2.55. The highest BCUT2D eigenvalue weighted by atomic mass is 32.1. The normalized spacial score (nSPS) is 9.60. The molecule has 0 fully saturated rings. The summed E-state index contributed by atoms with van der Waals surface area (Å²) in [6.45, 7) is 4.94. The number of hydrogen-bond donors (Lipinski definition) is 3. The smallest absolute Gasteiger partial charge is 0.324 e. The summed E-state index contributed by atoms with van der Waals surface area (Å²) in [6, 6.07) is -0.232. The molecule has 3 nitrogen and oxygen atoms in total. The van der Waals surface area contributed by atoms with Crippen molar-refractivity contribution in [2.45, 2.75) is 20.3 Å². The molecule has 0 saturated carbocycles. The molecular weight excluding hydrogens is 148 g/mol. The van der Waals surface area contributed by atoms with E-state index in [2.05, 4.69) is 36.7 Å². The Morgan fingerprint density at radius 3 is 2.60 bits per heavy atom. The highest BCUT2D eigenvalue weighted by Crippen LogP contribution is 1.95. The molecule has 0 rings (SSSR count). The monoisotopic (exact) mass is 162 g/mol. The van der Waals surface area contributed by atoms with Gasteiger partial charge in [0.15, 0.2) is 0 Å². The molecule has 0 radical (unpaired) electrons. The van der Waals surface area contributed by atoms with E-state index in [0.29, 0.717) is 12.5 Å². The van der Waals surface area contributed by atoms with Crippen LogP contribution in [0.1, 0.15) is 20.3 Å². The molecule has 0 aromatic heterocycles. The van der Waals surface area contributed by atoms with Gasteiger partial charge >= 0.3 is 6.03 Å². The summed E-state index contributed by atoms with van der Waals surface area (Å²) in [6.07, 6.45) is 1.00.